The summed E-state index contributed by atoms with van der Waals surface area (Å²) in [5, 5.41) is 0. The van der Waals surface area contributed by atoms with Gasteiger partial charge in [0.15, 0.2) is 0 Å². The smallest absolute Gasteiger partial charge is 0.302 e. The average molecular weight is 263 g/mol. The number of rotatable bonds is 4. The number of ether oxygens (including phenoxy) is 1. The summed E-state index contributed by atoms with van der Waals surface area (Å²) in [7, 11) is 0. The summed E-state index contributed by atoms with van der Waals surface area (Å²) < 4.78 is 4.90. The number of amides is 1. The number of hydrogen-bond acceptors (Lipinski definition) is 3. The topological polar surface area (TPSA) is 46.6 Å². The van der Waals surface area contributed by atoms with Gasteiger partial charge in [0.25, 0.3) is 0 Å². The largest absolute Gasteiger partial charge is 0.464 e. The Morgan fingerprint density at radius 2 is 1.63 bits per heavy atom. The van der Waals surface area contributed by atoms with Crippen molar-refractivity contribution in [3.05, 3.63) is 28.8 Å². The van der Waals surface area contributed by atoms with Crippen LogP contribution in [0.5, 0.6) is 0 Å². The molecule has 0 saturated carbocycles. The Labute approximate surface area is 114 Å². The van der Waals surface area contributed by atoms with E-state index in [2.05, 4.69) is 6.92 Å². The predicted molar refractivity (Wildman–Crippen MR) is 75.3 cm³/mol. The maximum Gasteiger partial charge on any atom is 0.302 e. The lowest BCUT2D eigenvalue weighted by Crippen LogP contribution is -2.32. The quantitative estimate of drug-likeness (QED) is 0.784. The monoisotopic (exact) mass is 263 g/mol. The van der Waals surface area contributed by atoms with Crippen LogP contribution in [0.25, 0.3) is 0 Å². The van der Waals surface area contributed by atoms with Gasteiger partial charge < -0.3 is 9.64 Å². The van der Waals surface area contributed by atoms with Crippen molar-refractivity contribution in [3.8, 4) is 0 Å². The van der Waals surface area contributed by atoms with Crippen LogP contribution >= 0.6 is 0 Å². The van der Waals surface area contributed by atoms with E-state index in [1.54, 1.807) is 4.90 Å². The number of hydrogen-bond donors (Lipinski definition) is 0. The minimum atomic E-state index is -0.334. The van der Waals surface area contributed by atoms with Gasteiger partial charge in [-0.05, 0) is 49.6 Å². The second-order valence-corrected chi connectivity index (χ2v) is 4.72. The number of anilines is 1. The molecule has 0 aliphatic rings. The zero-order chi connectivity index (χ0) is 14.6. The first-order valence-electron chi connectivity index (χ1n) is 6.32. The van der Waals surface area contributed by atoms with Gasteiger partial charge in [0.1, 0.15) is 6.61 Å². The van der Waals surface area contributed by atoms with Crippen molar-refractivity contribution >= 4 is 17.6 Å². The van der Waals surface area contributed by atoms with E-state index in [4.69, 9.17) is 4.74 Å². The van der Waals surface area contributed by atoms with Crippen LogP contribution in [-0.4, -0.2) is 25.0 Å². The molecule has 0 spiro atoms. The number of benzene rings is 1. The predicted octanol–water partition coefficient (Wildman–Crippen LogP) is 2.53. The Bertz CT molecular complexity index is 471. The maximum absolute atomic E-state index is 11.7. The molecule has 0 aliphatic heterocycles. The van der Waals surface area contributed by atoms with Crippen molar-refractivity contribution in [1.82, 2.24) is 0 Å². The molecule has 19 heavy (non-hydrogen) atoms. The molecular weight excluding hydrogens is 242 g/mol. The summed E-state index contributed by atoms with van der Waals surface area (Å²) in [6.07, 6.45) is 0. The van der Waals surface area contributed by atoms with Crippen LogP contribution in [0.3, 0.4) is 0 Å². The zero-order valence-electron chi connectivity index (χ0n) is 12.2. The van der Waals surface area contributed by atoms with Gasteiger partial charge >= 0.3 is 5.97 Å². The van der Waals surface area contributed by atoms with E-state index >= 15 is 0 Å². The summed E-state index contributed by atoms with van der Waals surface area (Å²) in [6, 6.07) is 3.97. The fourth-order valence-corrected chi connectivity index (χ4v) is 1.92. The average Bonchev–Trinajstić information content (AvgIpc) is 2.30. The second kappa shape index (κ2) is 6.36. The minimum absolute atomic E-state index is 0.0604. The summed E-state index contributed by atoms with van der Waals surface area (Å²) in [5.74, 6) is -0.394. The van der Waals surface area contributed by atoms with E-state index in [0.29, 0.717) is 6.54 Å². The first kappa shape index (κ1) is 15.2. The molecule has 0 bridgehead atoms. The minimum Gasteiger partial charge on any atom is -0.464 e. The molecule has 1 aromatic carbocycles. The Balaban J connectivity index is 2.93. The second-order valence-electron chi connectivity index (χ2n) is 4.72. The van der Waals surface area contributed by atoms with Gasteiger partial charge in [0, 0.05) is 19.5 Å². The fraction of sp³-hybridized carbons (Fsp3) is 0.467. The Hall–Kier alpha value is -1.84. The Morgan fingerprint density at radius 3 is 2.05 bits per heavy atom. The van der Waals surface area contributed by atoms with Crippen molar-refractivity contribution in [1.29, 1.82) is 0 Å². The zero-order valence-corrected chi connectivity index (χ0v) is 12.2. The molecule has 4 heteroatoms. The van der Waals surface area contributed by atoms with Crippen LogP contribution in [-0.2, 0) is 14.3 Å². The third-order valence-electron chi connectivity index (χ3n) is 3.22. The van der Waals surface area contributed by atoms with E-state index in [9.17, 15) is 9.59 Å². The van der Waals surface area contributed by atoms with E-state index in [-0.39, 0.29) is 18.5 Å². The summed E-state index contributed by atoms with van der Waals surface area (Å²) >= 11 is 0. The highest BCUT2D eigenvalue weighted by atomic mass is 16.5. The molecule has 1 rings (SSSR count). The molecule has 104 valence electrons. The van der Waals surface area contributed by atoms with Crippen molar-refractivity contribution in [2.75, 3.05) is 18.1 Å². The fourth-order valence-electron chi connectivity index (χ4n) is 1.92. The summed E-state index contributed by atoms with van der Waals surface area (Å²) in [4.78, 5) is 24.1. The lowest BCUT2D eigenvalue weighted by atomic mass is 10.0. The van der Waals surface area contributed by atoms with E-state index in [0.717, 1.165) is 16.8 Å². The first-order valence-corrected chi connectivity index (χ1v) is 6.32. The molecule has 4 nitrogen and oxygen atoms in total. The molecule has 0 heterocycles. The highest BCUT2D eigenvalue weighted by Crippen LogP contribution is 2.22. The van der Waals surface area contributed by atoms with E-state index in [1.165, 1.54) is 19.4 Å². The van der Waals surface area contributed by atoms with Crippen molar-refractivity contribution in [2.24, 2.45) is 0 Å². The normalized spacial score (nSPS) is 10.2. The number of carbonyl (C=O) groups excluding carboxylic acids is 2. The molecule has 0 aliphatic carbocycles. The van der Waals surface area contributed by atoms with Gasteiger partial charge in [-0.25, -0.2) is 0 Å². The number of aryl methyl sites for hydroxylation is 2. The third kappa shape index (κ3) is 4.09. The van der Waals surface area contributed by atoms with Gasteiger partial charge in [-0.1, -0.05) is 0 Å². The number of carbonyl (C=O) groups is 2. The molecule has 0 atom stereocenters. The van der Waals surface area contributed by atoms with Crippen molar-refractivity contribution in [2.45, 2.75) is 34.6 Å². The Kier molecular flexibility index (Phi) is 5.10. The molecule has 0 unspecified atom stereocenters. The van der Waals surface area contributed by atoms with Gasteiger partial charge in [-0.2, -0.15) is 0 Å². The maximum atomic E-state index is 11.7. The van der Waals surface area contributed by atoms with E-state index in [1.807, 2.05) is 26.0 Å². The SMILES string of the molecule is CC(=O)OCCN(C(C)=O)c1cc(C)c(C)c(C)c1. The van der Waals surface area contributed by atoms with E-state index < -0.39 is 0 Å². The molecule has 0 aromatic heterocycles. The lowest BCUT2D eigenvalue weighted by molar-refractivity contribution is -0.140. The van der Waals surface area contributed by atoms with Gasteiger partial charge in [0.05, 0.1) is 6.54 Å². The highest BCUT2D eigenvalue weighted by molar-refractivity contribution is 5.91. The molecule has 0 radical (unpaired) electrons. The highest BCUT2D eigenvalue weighted by Gasteiger charge is 2.13. The van der Waals surface area contributed by atoms with Crippen LogP contribution in [0.15, 0.2) is 12.1 Å². The molecule has 1 amide bonds. The summed E-state index contributed by atoms with van der Waals surface area (Å²) in [5.41, 5.74) is 4.37. The molecule has 0 fully saturated rings. The van der Waals surface area contributed by atoms with Crippen LogP contribution in [0.4, 0.5) is 5.69 Å². The lowest BCUT2D eigenvalue weighted by Gasteiger charge is -2.22. The summed E-state index contributed by atoms with van der Waals surface area (Å²) in [6.45, 7) is 9.56. The Morgan fingerprint density at radius 1 is 1.11 bits per heavy atom. The molecule has 1 aromatic rings. The van der Waals surface area contributed by atoms with Crippen LogP contribution in [0, 0.1) is 20.8 Å². The van der Waals surface area contributed by atoms with Crippen LogP contribution in [0.1, 0.15) is 30.5 Å². The third-order valence-corrected chi connectivity index (χ3v) is 3.22. The number of nitrogens with zero attached hydrogens (tertiary/aromatic N) is 1. The van der Waals surface area contributed by atoms with Gasteiger partial charge in [-0.3, -0.25) is 9.59 Å². The molecule has 0 saturated heterocycles. The number of esters is 1. The van der Waals surface area contributed by atoms with Gasteiger partial charge in [0.2, 0.25) is 5.91 Å². The first-order chi connectivity index (χ1) is 8.82. The van der Waals surface area contributed by atoms with Crippen molar-refractivity contribution < 1.29 is 14.3 Å². The van der Waals surface area contributed by atoms with Crippen LogP contribution in [0.2, 0.25) is 0 Å². The van der Waals surface area contributed by atoms with Gasteiger partial charge in [-0.15, -0.1) is 0 Å². The standard InChI is InChI=1S/C15H21NO3/c1-10-8-15(9-11(2)12(10)3)16(13(4)17)6-7-19-14(5)18/h8-9H,6-7H2,1-5H3. The molecular formula is C15H21NO3. The van der Waals surface area contributed by atoms with Crippen LogP contribution < -0.4 is 4.90 Å². The molecule has 0 N–H and O–H groups in total. The van der Waals surface area contributed by atoms with Crippen molar-refractivity contribution in [3.63, 3.8) is 0 Å².